The molecule has 11 heteroatoms. The first-order valence-corrected chi connectivity index (χ1v) is 13.9. The van der Waals surface area contributed by atoms with E-state index in [1.54, 1.807) is 39.0 Å². The Morgan fingerprint density at radius 3 is 2.60 bits per heavy atom. The van der Waals surface area contributed by atoms with Crippen LogP contribution in [0.1, 0.15) is 52.0 Å². The number of thiocarbonyl (C=S) groups is 1. The highest BCUT2D eigenvalue weighted by atomic mass is 32.1. The zero-order valence-corrected chi connectivity index (χ0v) is 23.8. The maximum Gasteiger partial charge on any atom is 0.319 e. The second-order valence-electron chi connectivity index (χ2n) is 10.9. The fourth-order valence-electron chi connectivity index (χ4n) is 4.66. The molecule has 2 heterocycles. The summed E-state index contributed by atoms with van der Waals surface area (Å²) in [7, 11) is 0. The van der Waals surface area contributed by atoms with Crippen molar-refractivity contribution in [3.63, 3.8) is 0 Å². The average molecular weight is 574 g/mol. The molecule has 0 bridgehead atoms. The fourth-order valence-corrected chi connectivity index (χ4v) is 4.89. The summed E-state index contributed by atoms with van der Waals surface area (Å²) in [6.07, 6.45) is 3.10. The van der Waals surface area contributed by atoms with Gasteiger partial charge in [-0.2, -0.15) is 0 Å². The minimum absolute atomic E-state index is 0.132. The number of carbonyl (C=O) groups excluding carboxylic acids is 2. The number of nitrogens with one attached hydrogen (secondary N) is 2. The predicted octanol–water partition coefficient (Wildman–Crippen LogP) is 5.12. The van der Waals surface area contributed by atoms with E-state index in [0.717, 1.165) is 24.8 Å². The summed E-state index contributed by atoms with van der Waals surface area (Å²) >= 11 is 5.38. The number of hydrogen-bond acceptors (Lipinski definition) is 7. The molecule has 4 rings (SSSR count). The zero-order valence-electron chi connectivity index (χ0n) is 23.0. The number of ether oxygens (including phenoxy) is 3. The molecule has 0 aromatic heterocycles. The fraction of sp³-hybridized carbons (Fsp3) is 0.483. The molecule has 1 fully saturated rings. The number of rotatable bonds is 7. The molecule has 1 amide bonds. The largest absolute Gasteiger partial charge is 0.506 e. The summed E-state index contributed by atoms with van der Waals surface area (Å²) in [4.78, 5) is 28.2. The molecule has 9 nitrogen and oxygen atoms in total. The Labute approximate surface area is 239 Å². The molecular formula is C29H36FN3O6S. The zero-order chi connectivity index (χ0) is 28.9. The van der Waals surface area contributed by atoms with Crippen LogP contribution >= 0.6 is 12.2 Å². The van der Waals surface area contributed by atoms with Crippen molar-refractivity contribution in [2.45, 2.75) is 64.8 Å². The van der Waals surface area contributed by atoms with Crippen molar-refractivity contribution in [2.75, 3.05) is 35.3 Å². The molecule has 216 valence electrons. The van der Waals surface area contributed by atoms with Crippen molar-refractivity contribution in [1.82, 2.24) is 0 Å². The lowest BCUT2D eigenvalue weighted by Gasteiger charge is -2.29. The van der Waals surface area contributed by atoms with Gasteiger partial charge in [0.05, 0.1) is 18.0 Å². The van der Waals surface area contributed by atoms with Crippen LogP contribution in [0.2, 0.25) is 0 Å². The van der Waals surface area contributed by atoms with Crippen LogP contribution in [0.4, 0.5) is 21.5 Å². The van der Waals surface area contributed by atoms with Crippen LogP contribution in [0, 0.1) is 11.7 Å². The number of phenolic OH excluding ortho intramolecular Hbond substituents is 1. The van der Waals surface area contributed by atoms with Crippen LogP contribution < -0.4 is 15.5 Å². The van der Waals surface area contributed by atoms with E-state index in [-0.39, 0.29) is 42.5 Å². The van der Waals surface area contributed by atoms with E-state index in [9.17, 15) is 19.1 Å². The van der Waals surface area contributed by atoms with E-state index in [1.165, 1.54) is 23.1 Å². The summed E-state index contributed by atoms with van der Waals surface area (Å²) in [5.41, 5.74) is 1.40. The van der Waals surface area contributed by atoms with Crippen molar-refractivity contribution in [1.29, 1.82) is 0 Å². The molecule has 40 heavy (non-hydrogen) atoms. The first-order valence-electron chi connectivity index (χ1n) is 13.5. The lowest BCUT2D eigenvalue weighted by Crippen LogP contribution is -2.43. The van der Waals surface area contributed by atoms with Gasteiger partial charge in [-0.25, -0.2) is 4.39 Å². The lowest BCUT2D eigenvalue weighted by molar-refractivity contribution is -0.164. The molecule has 2 atom stereocenters. The van der Waals surface area contributed by atoms with Crippen molar-refractivity contribution in [3.05, 3.63) is 47.8 Å². The summed E-state index contributed by atoms with van der Waals surface area (Å²) in [6.45, 7) is 6.28. The number of anilines is 3. The number of carbonyl (C=O) groups is 2. The Morgan fingerprint density at radius 2 is 1.93 bits per heavy atom. The Balaban J connectivity index is 1.55. The number of halogens is 1. The number of esters is 1. The van der Waals surface area contributed by atoms with E-state index in [0.29, 0.717) is 30.1 Å². The van der Waals surface area contributed by atoms with Crippen LogP contribution in [-0.4, -0.2) is 53.7 Å². The Morgan fingerprint density at radius 1 is 1.18 bits per heavy atom. The van der Waals surface area contributed by atoms with E-state index in [1.807, 2.05) is 0 Å². The third-order valence-corrected chi connectivity index (χ3v) is 6.76. The first kappa shape index (κ1) is 29.7. The van der Waals surface area contributed by atoms with Crippen LogP contribution in [0.3, 0.4) is 0 Å². The number of hydrogen-bond donors (Lipinski definition) is 3. The van der Waals surface area contributed by atoms with Crippen molar-refractivity contribution >= 4 is 46.3 Å². The van der Waals surface area contributed by atoms with E-state index >= 15 is 0 Å². The van der Waals surface area contributed by atoms with Crippen LogP contribution in [0.5, 0.6) is 5.75 Å². The summed E-state index contributed by atoms with van der Waals surface area (Å²) in [5.74, 6) is -2.49. The number of amides is 1. The highest BCUT2D eigenvalue weighted by molar-refractivity contribution is 7.80. The van der Waals surface area contributed by atoms with Gasteiger partial charge in [-0.05, 0) is 101 Å². The van der Waals surface area contributed by atoms with Gasteiger partial charge in [-0.15, -0.1) is 0 Å². The summed E-state index contributed by atoms with van der Waals surface area (Å²) in [5, 5.41) is 17.0. The Bertz CT molecular complexity index is 1230. The maximum absolute atomic E-state index is 13.7. The number of aryl methyl sites for hydroxylation is 1. The van der Waals surface area contributed by atoms with Crippen molar-refractivity contribution < 1.29 is 33.3 Å². The molecule has 2 aromatic rings. The average Bonchev–Trinajstić information content (AvgIpc) is 3.01. The van der Waals surface area contributed by atoms with Gasteiger partial charge in [-0.1, -0.05) is 0 Å². The van der Waals surface area contributed by atoms with Gasteiger partial charge in [0.25, 0.3) is 0 Å². The lowest BCUT2D eigenvalue weighted by atomic mass is 9.99. The molecule has 2 unspecified atom stereocenters. The molecule has 0 aliphatic carbocycles. The highest BCUT2D eigenvalue weighted by Gasteiger charge is 2.38. The number of aromatic hydroxyl groups is 1. The molecule has 2 aromatic carbocycles. The number of nitrogens with zero attached hydrogens (tertiary/aromatic N) is 1. The van der Waals surface area contributed by atoms with Gasteiger partial charge in [-0.3, -0.25) is 9.59 Å². The minimum Gasteiger partial charge on any atom is -0.506 e. The minimum atomic E-state index is -1.00. The Hall–Kier alpha value is -3.28. The molecule has 3 N–H and O–H groups in total. The third-order valence-electron chi connectivity index (χ3n) is 6.55. The van der Waals surface area contributed by atoms with E-state index < -0.39 is 23.4 Å². The van der Waals surface area contributed by atoms with Crippen LogP contribution in [0.15, 0.2) is 36.4 Å². The molecule has 0 saturated carbocycles. The maximum atomic E-state index is 13.7. The third kappa shape index (κ3) is 7.89. The second kappa shape index (κ2) is 12.9. The second-order valence-corrected chi connectivity index (χ2v) is 11.3. The molecule has 2 aliphatic rings. The first-order chi connectivity index (χ1) is 19.0. The highest BCUT2D eigenvalue weighted by Crippen LogP contribution is 2.37. The number of benzene rings is 2. The van der Waals surface area contributed by atoms with E-state index in [2.05, 4.69) is 10.6 Å². The van der Waals surface area contributed by atoms with Gasteiger partial charge in [0.2, 0.25) is 5.91 Å². The van der Waals surface area contributed by atoms with Crippen molar-refractivity contribution in [2.24, 2.45) is 5.92 Å². The van der Waals surface area contributed by atoms with Crippen molar-refractivity contribution in [3.8, 4) is 5.75 Å². The quantitative estimate of drug-likeness (QED) is 0.180. The topological polar surface area (TPSA) is 109 Å². The van der Waals surface area contributed by atoms with Gasteiger partial charge in [0.1, 0.15) is 23.1 Å². The monoisotopic (exact) mass is 573 g/mol. The summed E-state index contributed by atoms with van der Waals surface area (Å²) < 4.78 is 30.3. The summed E-state index contributed by atoms with van der Waals surface area (Å²) in [6, 6.07) is 8.90. The predicted molar refractivity (Wildman–Crippen MR) is 154 cm³/mol. The van der Waals surface area contributed by atoms with E-state index in [4.69, 9.17) is 26.4 Å². The smallest absolute Gasteiger partial charge is 0.319 e. The van der Waals surface area contributed by atoms with Gasteiger partial charge in [0.15, 0.2) is 11.4 Å². The van der Waals surface area contributed by atoms with Gasteiger partial charge >= 0.3 is 5.97 Å². The Kier molecular flexibility index (Phi) is 9.60. The number of phenols is 1. The molecule has 0 radical (unpaired) electrons. The van der Waals surface area contributed by atoms with Crippen LogP contribution in [0.25, 0.3) is 0 Å². The van der Waals surface area contributed by atoms with Crippen LogP contribution in [-0.2, 0) is 30.2 Å². The molecular weight excluding hydrogens is 537 g/mol. The molecule has 2 aliphatic heterocycles. The SMILES string of the molecule is CC(C)(C)OC(=O)C1CCc2cc(NC(=S)Nc3ccc(F)cc3)c(O)cc2N(CCOC2CCCCO2)C1=O. The molecule has 1 saturated heterocycles. The number of fused-ring (bicyclic) bond motifs is 1. The normalized spacial score (nSPS) is 19.4. The van der Waals surface area contributed by atoms with Gasteiger partial charge < -0.3 is 34.9 Å². The molecule has 0 spiro atoms. The van der Waals surface area contributed by atoms with Gasteiger partial charge in [0, 0.05) is 24.9 Å². The standard InChI is InChI=1S/C29H36FN3O6S/c1-29(2,3)39-27(36)21-12-7-18-16-22(32-28(40)31-20-10-8-19(30)9-11-20)24(34)17-23(18)33(26(21)35)13-15-38-25-6-4-5-14-37-25/h8-11,16-17,21,25,34H,4-7,12-15H2,1-3H3,(H2,31,32,40).